The Hall–Kier alpha value is -4.30. The summed E-state index contributed by atoms with van der Waals surface area (Å²) in [7, 11) is 1.20. The Kier molecular flexibility index (Phi) is 19.3. The maximum atomic E-state index is 11.3. The van der Waals surface area contributed by atoms with Gasteiger partial charge in [0.2, 0.25) is 0 Å². The molecule has 0 saturated heterocycles. The van der Waals surface area contributed by atoms with Crippen molar-refractivity contribution >= 4 is 42.6 Å². The summed E-state index contributed by atoms with van der Waals surface area (Å²) < 4.78 is 4.48. The number of nitrogens with zero attached hydrogens (tertiary/aromatic N) is 4. The molecule has 11 heteroatoms. The zero-order valence-corrected chi connectivity index (χ0v) is 28.2. The fraction of sp³-hybridized carbons (Fsp3) is 0.0625. The Morgan fingerprint density at radius 3 is 1.26 bits per heavy atom. The van der Waals surface area contributed by atoms with Gasteiger partial charge in [-0.15, -0.1) is 24.8 Å². The number of phenols is 1. The number of carbonyl (C=O) groups is 2. The molecular weight excluding hydrogens is 641 g/mol. The largest absolute Gasteiger partial charge is 2.00 e. The van der Waals surface area contributed by atoms with Crippen LogP contribution < -0.4 is 0 Å². The number of phenolic OH excluding ortho intramolecular Hbond substituents is 1. The number of methoxy groups -OCH3 is 1. The van der Waals surface area contributed by atoms with E-state index in [1.54, 1.807) is 43.0 Å². The van der Waals surface area contributed by atoms with Gasteiger partial charge in [-0.1, -0.05) is 42.5 Å². The van der Waals surface area contributed by atoms with Crippen molar-refractivity contribution in [3.63, 3.8) is 0 Å². The van der Waals surface area contributed by atoms with E-state index in [9.17, 15) is 14.7 Å². The third kappa shape index (κ3) is 13.0. The van der Waals surface area contributed by atoms with E-state index in [0.29, 0.717) is 5.56 Å². The molecule has 4 heterocycles. The molecular formula is C32H30Cl2N4O4Zn+2. The summed E-state index contributed by atoms with van der Waals surface area (Å²) in [5.41, 5.74) is 3.97. The fourth-order valence-corrected chi connectivity index (χ4v) is 3.24. The second kappa shape index (κ2) is 21.4. The molecule has 8 nitrogen and oxygen atoms in total. The van der Waals surface area contributed by atoms with Crippen molar-refractivity contribution in [1.82, 2.24) is 19.9 Å². The third-order valence-electron chi connectivity index (χ3n) is 5.21. The van der Waals surface area contributed by atoms with Crippen LogP contribution >= 0.6 is 24.8 Å². The van der Waals surface area contributed by atoms with Crippen LogP contribution in [0.2, 0.25) is 0 Å². The number of hydrogen-bond donors (Lipinski definition) is 1. The number of halogens is 2. The minimum atomic E-state index is -0.712. The number of aromatic hydroxyl groups is 1. The van der Waals surface area contributed by atoms with Crippen LogP contribution in [-0.4, -0.2) is 43.9 Å². The first-order valence-electron chi connectivity index (χ1n) is 12.2. The predicted octanol–water partition coefficient (Wildman–Crippen LogP) is 6.67. The van der Waals surface area contributed by atoms with Gasteiger partial charge in [0, 0.05) is 30.4 Å². The number of esters is 1. The first-order chi connectivity index (χ1) is 19.5. The predicted molar refractivity (Wildman–Crippen MR) is 168 cm³/mol. The van der Waals surface area contributed by atoms with Crippen LogP contribution in [-0.2, 0) is 33.8 Å². The summed E-state index contributed by atoms with van der Waals surface area (Å²) in [6, 6.07) is 29.6. The molecule has 5 aromatic rings. The number of carbonyl (C=O) groups excluding carboxylic acids is 2. The van der Waals surface area contributed by atoms with Crippen molar-refractivity contribution in [3.8, 4) is 28.5 Å². The van der Waals surface area contributed by atoms with E-state index in [0.717, 1.165) is 22.8 Å². The van der Waals surface area contributed by atoms with Crippen molar-refractivity contribution < 1.29 is 38.9 Å². The van der Waals surface area contributed by atoms with E-state index < -0.39 is 11.8 Å². The van der Waals surface area contributed by atoms with Crippen LogP contribution in [0.15, 0.2) is 127 Å². The quantitative estimate of drug-likeness (QED) is 0.0726. The molecule has 0 radical (unpaired) electrons. The molecule has 0 aliphatic heterocycles. The number of para-hydroxylation sites is 1. The first-order valence-corrected chi connectivity index (χ1v) is 12.2. The molecule has 216 valence electrons. The fourth-order valence-electron chi connectivity index (χ4n) is 3.24. The molecule has 1 N–H and O–H groups in total. The topological polar surface area (TPSA) is 115 Å². The van der Waals surface area contributed by atoms with Crippen molar-refractivity contribution in [2.24, 2.45) is 0 Å². The zero-order valence-electron chi connectivity index (χ0n) is 23.6. The number of pyridine rings is 4. The number of rotatable bonds is 5. The van der Waals surface area contributed by atoms with Gasteiger partial charge in [0.05, 0.1) is 29.9 Å². The van der Waals surface area contributed by atoms with Crippen molar-refractivity contribution in [3.05, 3.63) is 133 Å². The number of hydrogen-bond acceptors (Lipinski definition) is 8. The molecule has 1 aromatic carbocycles. The van der Waals surface area contributed by atoms with Crippen LogP contribution in [0.4, 0.5) is 0 Å². The summed E-state index contributed by atoms with van der Waals surface area (Å²) in [5, 5.41) is 9.49. The molecule has 4 aromatic heterocycles. The van der Waals surface area contributed by atoms with Gasteiger partial charge >= 0.3 is 25.4 Å². The van der Waals surface area contributed by atoms with E-state index in [2.05, 4.69) is 24.7 Å². The maximum Gasteiger partial charge on any atom is 2.00 e. The average molecular weight is 671 g/mol. The minimum Gasteiger partial charge on any atom is -0.507 e. The molecule has 0 fully saturated rings. The van der Waals surface area contributed by atoms with Crippen LogP contribution in [0.5, 0.6) is 5.75 Å². The molecule has 0 spiro atoms. The standard InChI is InChI=1S/C12H12O4.2C10H8N2.2ClH.Zn/c1-8(13)10(12(15)16-2)7-9-5-3-4-6-11(9)14;2*1-3-7-11-9(5-1)10-6-2-4-8-12-10;;;/h3-7,14H,1-2H3;2*1-8H;2*1H;/q;;;;;+2/b10-7+;;;;;. The molecule has 0 amide bonds. The molecule has 0 atom stereocenters. The van der Waals surface area contributed by atoms with E-state index in [1.165, 1.54) is 26.2 Å². The SMILES string of the molecule is COC(=O)/C(=C/c1ccccc1O)C(C)=O.Cl.Cl.[Zn+2].c1ccc(-c2ccccn2)nc1.c1ccc(-c2ccccn2)nc1. The molecule has 0 bridgehead atoms. The Morgan fingerprint density at radius 1 is 0.628 bits per heavy atom. The average Bonchev–Trinajstić information content (AvgIpc) is 3.02. The molecule has 5 rings (SSSR count). The van der Waals surface area contributed by atoms with E-state index in [4.69, 9.17) is 0 Å². The maximum absolute atomic E-state index is 11.3. The van der Waals surface area contributed by atoms with Gasteiger partial charge < -0.3 is 9.84 Å². The van der Waals surface area contributed by atoms with Gasteiger partial charge in [-0.25, -0.2) is 4.79 Å². The smallest absolute Gasteiger partial charge is 0.507 e. The van der Waals surface area contributed by atoms with Gasteiger partial charge in [0.1, 0.15) is 11.3 Å². The van der Waals surface area contributed by atoms with Crippen LogP contribution in [0.3, 0.4) is 0 Å². The summed E-state index contributed by atoms with van der Waals surface area (Å²) in [6.45, 7) is 1.27. The number of Topliss-reactive ketones (excluding diaryl/α,β-unsaturated/α-hetero) is 1. The normalized spacial score (nSPS) is 9.49. The molecule has 0 aliphatic carbocycles. The van der Waals surface area contributed by atoms with Crippen LogP contribution in [0.1, 0.15) is 12.5 Å². The van der Waals surface area contributed by atoms with Gasteiger partial charge in [-0.2, -0.15) is 0 Å². The van der Waals surface area contributed by atoms with Crippen molar-refractivity contribution in [1.29, 1.82) is 0 Å². The Morgan fingerprint density at radius 2 is 0.977 bits per heavy atom. The number of benzene rings is 1. The van der Waals surface area contributed by atoms with Crippen molar-refractivity contribution in [2.45, 2.75) is 6.92 Å². The molecule has 43 heavy (non-hydrogen) atoms. The third-order valence-corrected chi connectivity index (χ3v) is 5.21. The Labute approximate surface area is 275 Å². The van der Waals surface area contributed by atoms with Gasteiger partial charge in [-0.3, -0.25) is 24.7 Å². The Bertz CT molecular complexity index is 1380. The number of ether oxygens (including phenoxy) is 1. The van der Waals surface area contributed by atoms with E-state index in [-0.39, 0.29) is 55.6 Å². The van der Waals surface area contributed by atoms with Crippen LogP contribution in [0, 0.1) is 0 Å². The molecule has 0 aliphatic rings. The van der Waals surface area contributed by atoms with Gasteiger partial charge in [0.15, 0.2) is 5.78 Å². The van der Waals surface area contributed by atoms with E-state index in [1.807, 2.05) is 72.8 Å². The molecule has 0 saturated carbocycles. The van der Waals surface area contributed by atoms with Gasteiger partial charge in [0.25, 0.3) is 0 Å². The Balaban J connectivity index is 0.000000601. The van der Waals surface area contributed by atoms with E-state index >= 15 is 0 Å². The number of aromatic nitrogens is 4. The molecule has 0 unspecified atom stereocenters. The first kappa shape index (κ1) is 38.7. The summed E-state index contributed by atoms with van der Waals surface area (Å²) in [5.74, 6) is -1.11. The monoisotopic (exact) mass is 668 g/mol. The zero-order chi connectivity index (χ0) is 28.6. The second-order valence-corrected chi connectivity index (χ2v) is 8.02. The minimum absolute atomic E-state index is 0. The summed E-state index contributed by atoms with van der Waals surface area (Å²) >= 11 is 0. The second-order valence-electron chi connectivity index (χ2n) is 8.02. The van der Waals surface area contributed by atoms with Gasteiger partial charge in [-0.05, 0) is 67.6 Å². The van der Waals surface area contributed by atoms with Crippen molar-refractivity contribution in [2.75, 3.05) is 7.11 Å². The summed E-state index contributed by atoms with van der Waals surface area (Å²) in [4.78, 5) is 39.2. The summed E-state index contributed by atoms with van der Waals surface area (Å²) in [6.07, 6.45) is 8.38. The number of ketones is 1. The van der Waals surface area contributed by atoms with Crippen LogP contribution in [0.25, 0.3) is 28.9 Å².